The van der Waals surface area contributed by atoms with Gasteiger partial charge in [-0.1, -0.05) is 71.9 Å². The van der Waals surface area contributed by atoms with E-state index in [-0.39, 0.29) is 18.4 Å². The van der Waals surface area contributed by atoms with E-state index in [1.165, 1.54) is 23.0 Å². The lowest BCUT2D eigenvalue weighted by molar-refractivity contribution is -0.144. The van der Waals surface area contributed by atoms with Crippen LogP contribution in [0.2, 0.25) is 0 Å². The standard InChI is InChI=1S/C34H32N6O2S/c1-25-36-30(24-43-25)13-16-33(41)39(22-27-11-14-31(15-12-27)40-20-18-35-37-40)32(21-26-7-3-2-4-8-26)34(42)38-19-17-28-9-5-6-10-29(28)23-38/h2-16,18,20,24,32H,17,19,21-23H2,1H3/t32-/m0/s1. The van der Waals surface area contributed by atoms with Gasteiger partial charge in [-0.3, -0.25) is 9.59 Å². The van der Waals surface area contributed by atoms with Gasteiger partial charge in [-0.15, -0.1) is 16.4 Å². The summed E-state index contributed by atoms with van der Waals surface area (Å²) in [6.07, 6.45) is 7.87. The molecule has 1 aliphatic heterocycles. The Labute approximate surface area is 254 Å². The summed E-state index contributed by atoms with van der Waals surface area (Å²) in [4.78, 5) is 36.5. The van der Waals surface area contributed by atoms with Crippen LogP contribution in [0.3, 0.4) is 0 Å². The Morgan fingerprint density at radius 3 is 2.47 bits per heavy atom. The van der Waals surface area contributed by atoms with Crippen molar-refractivity contribution in [1.29, 1.82) is 0 Å². The Bertz CT molecular complexity index is 1710. The predicted octanol–water partition coefficient (Wildman–Crippen LogP) is 5.27. The van der Waals surface area contributed by atoms with E-state index < -0.39 is 6.04 Å². The number of aromatic nitrogens is 4. The molecule has 1 atom stereocenters. The minimum atomic E-state index is -0.697. The maximum atomic E-state index is 14.4. The fourth-order valence-corrected chi connectivity index (χ4v) is 5.99. The smallest absolute Gasteiger partial charge is 0.247 e. The number of hydrogen-bond acceptors (Lipinski definition) is 6. The fraction of sp³-hybridized carbons (Fsp3) is 0.206. The first-order chi connectivity index (χ1) is 21.0. The summed E-state index contributed by atoms with van der Waals surface area (Å²) in [5.41, 5.74) is 5.92. The third-order valence-electron chi connectivity index (χ3n) is 7.67. The van der Waals surface area contributed by atoms with Crippen LogP contribution in [0.25, 0.3) is 11.8 Å². The number of fused-ring (bicyclic) bond motifs is 1. The van der Waals surface area contributed by atoms with Gasteiger partial charge in [-0.2, -0.15) is 0 Å². The molecule has 6 rings (SSSR count). The number of carbonyl (C=O) groups excluding carboxylic acids is 2. The number of thiazole rings is 1. The molecule has 0 N–H and O–H groups in total. The molecular weight excluding hydrogens is 556 g/mol. The molecule has 0 fully saturated rings. The lowest BCUT2D eigenvalue weighted by Gasteiger charge is -2.36. The summed E-state index contributed by atoms with van der Waals surface area (Å²) in [6.45, 7) is 3.35. The lowest BCUT2D eigenvalue weighted by atomic mass is 9.97. The highest BCUT2D eigenvalue weighted by atomic mass is 32.1. The Hall–Kier alpha value is -4.89. The van der Waals surface area contributed by atoms with Crippen molar-refractivity contribution in [2.24, 2.45) is 0 Å². The fourth-order valence-electron chi connectivity index (χ4n) is 5.41. The first-order valence-corrected chi connectivity index (χ1v) is 15.2. The average Bonchev–Trinajstić information content (AvgIpc) is 3.74. The normalized spacial score (nSPS) is 13.6. The van der Waals surface area contributed by atoms with Crippen molar-refractivity contribution in [1.82, 2.24) is 29.8 Å². The number of nitrogens with zero attached hydrogens (tertiary/aromatic N) is 6. The van der Waals surface area contributed by atoms with Crippen molar-refractivity contribution in [2.45, 2.75) is 38.9 Å². The molecule has 9 heteroatoms. The Morgan fingerprint density at radius 2 is 1.74 bits per heavy atom. The number of rotatable bonds is 9. The van der Waals surface area contributed by atoms with Crippen LogP contribution >= 0.6 is 11.3 Å². The molecule has 3 aromatic carbocycles. The van der Waals surface area contributed by atoms with E-state index >= 15 is 0 Å². The number of hydrogen-bond donors (Lipinski definition) is 0. The first-order valence-electron chi connectivity index (χ1n) is 14.3. The van der Waals surface area contributed by atoms with Gasteiger partial charge in [0.2, 0.25) is 11.8 Å². The summed E-state index contributed by atoms with van der Waals surface area (Å²) >= 11 is 1.53. The van der Waals surface area contributed by atoms with Crippen LogP contribution in [-0.4, -0.2) is 54.2 Å². The van der Waals surface area contributed by atoms with Crippen molar-refractivity contribution < 1.29 is 9.59 Å². The molecular formula is C34H32N6O2S. The van der Waals surface area contributed by atoms with Gasteiger partial charge in [-0.25, -0.2) is 9.67 Å². The SMILES string of the molecule is Cc1nc(C=CC(=O)N(Cc2ccc(-n3ccnn3)cc2)[C@@H](Cc2ccccc2)C(=O)N2CCc3ccccc3C2)cs1. The first kappa shape index (κ1) is 28.2. The molecule has 216 valence electrons. The molecule has 0 saturated heterocycles. The molecule has 0 radical (unpaired) electrons. The average molecular weight is 589 g/mol. The zero-order chi connectivity index (χ0) is 29.6. The summed E-state index contributed by atoms with van der Waals surface area (Å²) < 4.78 is 1.68. The zero-order valence-electron chi connectivity index (χ0n) is 23.9. The van der Waals surface area contributed by atoms with Crippen LogP contribution in [0.15, 0.2) is 103 Å². The van der Waals surface area contributed by atoms with E-state index in [9.17, 15) is 9.59 Å². The number of amides is 2. The minimum absolute atomic E-state index is 0.0520. The van der Waals surface area contributed by atoms with E-state index in [0.29, 0.717) is 19.5 Å². The predicted molar refractivity (Wildman–Crippen MR) is 167 cm³/mol. The van der Waals surface area contributed by atoms with Crippen LogP contribution in [0, 0.1) is 6.92 Å². The monoisotopic (exact) mass is 588 g/mol. The number of benzene rings is 3. The van der Waals surface area contributed by atoms with E-state index in [1.807, 2.05) is 83.9 Å². The molecule has 1 aliphatic rings. The van der Waals surface area contributed by atoms with Gasteiger partial charge in [0.15, 0.2) is 0 Å². The summed E-state index contributed by atoms with van der Waals surface area (Å²) in [7, 11) is 0. The number of carbonyl (C=O) groups is 2. The highest BCUT2D eigenvalue weighted by Gasteiger charge is 2.34. The van der Waals surface area contributed by atoms with Gasteiger partial charge in [0.1, 0.15) is 6.04 Å². The second kappa shape index (κ2) is 13.0. The van der Waals surface area contributed by atoms with Crippen LogP contribution in [-0.2, 0) is 35.5 Å². The van der Waals surface area contributed by atoms with E-state index in [0.717, 1.165) is 39.5 Å². The molecule has 43 heavy (non-hydrogen) atoms. The van der Waals surface area contributed by atoms with Gasteiger partial charge in [0, 0.05) is 37.5 Å². The molecule has 0 unspecified atom stereocenters. The third-order valence-corrected chi connectivity index (χ3v) is 8.46. The van der Waals surface area contributed by atoms with Crippen LogP contribution < -0.4 is 0 Å². The molecule has 0 aliphatic carbocycles. The van der Waals surface area contributed by atoms with Crippen LogP contribution in [0.4, 0.5) is 0 Å². The maximum absolute atomic E-state index is 14.4. The number of aryl methyl sites for hydroxylation is 1. The molecule has 8 nitrogen and oxygen atoms in total. The quantitative estimate of drug-likeness (QED) is 0.219. The topological polar surface area (TPSA) is 84.2 Å². The van der Waals surface area contributed by atoms with Crippen molar-refractivity contribution >= 4 is 29.2 Å². The van der Waals surface area contributed by atoms with E-state index in [4.69, 9.17) is 0 Å². The van der Waals surface area contributed by atoms with Gasteiger partial charge < -0.3 is 9.80 Å². The van der Waals surface area contributed by atoms with Crippen molar-refractivity contribution in [3.8, 4) is 5.69 Å². The van der Waals surface area contributed by atoms with Crippen LogP contribution in [0.5, 0.6) is 0 Å². The Balaban J connectivity index is 1.34. The van der Waals surface area contributed by atoms with Gasteiger partial charge >= 0.3 is 0 Å². The molecule has 0 saturated carbocycles. The molecule has 5 aromatic rings. The van der Waals surface area contributed by atoms with Gasteiger partial charge in [0.05, 0.1) is 28.8 Å². The largest absolute Gasteiger partial charge is 0.336 e. The molecule has 2 aromatic heterocycles. The third kappa shape index (κ3) is 6.79. The van der Waals surface area contributed by atoms with E-state index in [2.05, 4.69) is 27.4 Å². The summed E-state index contributed by atoms with van der Waals surface area (Å²) in [6, 6.07) is 25.3. The Kier molecular flexibility index (Phi) is 8.51. The zero-order valence-corrected chi connectivity index (χ0v) is 24.7. The molecule has 0 bridgehead atoms. The molecule has 3 heterocycles. The minimum Gasteiger partial charge on any atom is -0.336 e. The summed E-state index contributed by atoms with van der Waals surface area (Å²) in [5.74, 6) is -0.290. The van der Waals surface area contributed by atoms with Crippen molar-refractivity contribution in [3.05, 3.63) is 136 Å². The summed E-state index contributed by atoms with van der Waals surface area (Å²) in [5, 5.41) is 10.8. The highest BCUT2D eigenvalue weighted by molar-refractivity contribution is 7.09. The molecule has 2 amide bonds. The van der Waals surface area contributed by atoms with Gasteiger partial charge in [-0.05, 0) is 53.8 Å². The second-order valence-electron chi connectivity index (χ2n) is 10.6. The van der Waals surface area contributed by atoms with Crippen molar-refractivity contribution in [2.75, 3.05) is 6.54 Å². The lowest BCUT2D eigenvalue weighted by Crippen LogP contribution is -2.52. The van der Waals surface area contributed by atoms with Crippen LogP contribution in [0.1, 0.15) is 33.0 Å². The van der Waals surface area contributed by atoms with E-state index in [1.54, 1.807) is 28.1 Å². The Morgan fingerprint density at radius 1 is 0.977 bits per heavy atom. The van der Waals surface area contributed by atoms with Crippen molar-refractivity contribution in [3.63, 3.8) is 0 Å². The van der Waals surface area contributed by atoms with Gasteiger partial charge in [0.25, 0.3) is 0 Å². The maximum Gasteiger partial charge on any atom is 0.247 e. The second-order valence-corrected chi connectivity index (χ2v) is 11.7. The molecule has 0 spiro atoms. The highest BCUT2D eigenvalue weighted by Crippen LogP contribution is 2.23.